The first-order chi connectivity index (χ1) is 12.8. The molecule has 0 unspecified atom stereocenters. The van der Waals surface area contributed by atoms with Crippen molar-refractivity contribution >= 4 is 16.7 Å². The van der Waals surface area contributed by atoms with E-state index in [2.05, 4.69) is 11.1 Å². The van der Waals surface area contributed by atoms with Gasteiger partial charge in [0.2, 0.25) is 0 Å². The lowest BCUT2D eigenvalue weighted by molar-refractivity contribution is -0.137. The van der Waals surface area contributed by atoms with Gasteiger partial charge in [-0.2, -0.15) is 0 Å². The van der Waals surface area contributed by atoms with Crippen LogP contribution in [-0.2, 0) is 9.53 Å². The maximum absolute atomic E-state index is 12.3. The SMILES string of the molecule is O=C(COc1cc(-c2cccnc2)c2ccccc2c1)N1CCOCC1. The number of ether oxygens (including phenoxy) is 2. The molecule has 2 heterocycles. The van der Waals surface area contributed by atoms with Gasteiger partial charge in [0, 0.05) is 31.0 Å². The predicted octanol–water partition coefficient (Wildman–Crippen LogP) is 3.14. The molecule has 1 amide bonds. The van der Waals surface area contributed by atoms with Crippen molar-refractivity contribution in [3.05, 3.63) is 60.9 Å². The van der Waals surface area contributed by atoms with E-state index in [1.807, 2.05) is 48.7 Å². The third-order valence-corrected chi connectivity index (χ3v) is 4.53. The lowest BCUT2D eigenvalue weighted by Gasteiger charge is -2.26. The molecule has 1 fully saturated rings. The van der Waals surface area contributed by atoms with Gasteiger partial charge in [0.05, 0.1) is 13.2 Å². The Morgan fingerprint density at radius 1 is 1.12 bits per heavy atom. The number of hydrogen-bond acceptors (Lipinski definition) is 4. The molecule has 0 aliphatic carbocycles. The first kappa shape index (κ1) is 16.5. The molecule has 0 radical (unpaired) electrons. The van der Waals surface area contributed by atoms with Crippen LogP contribution < -0.4 is 4.74 Å². The van der Waals surface area contributed by atoms with E-state index in [0.29, 0.717) is 32.1 Å². The molecule has 1 aliphatic heterocycles. The summed E-state index contributed by atoms with van der Waals surface area (Å²) in [5.41, 5.74) is 2.07. The van der Waals surface area contributed by atoms with Gasteiger partial charge in [0.1, 0.15) is 5.75 Å². The van der Waals surface area contributed by atoms with Crippen molar-refractivity contribution in [2.24, 2.45) is 0 Å². The first-order valence-electron chi connectivity index (χ1n) is 8.73. The van der Waals surface area contributed by atoms with Crippen molar-refractivity contribution in [2.45, 2.75) is 0 Å². The Hall–Kier alpha value is -2.92. The van der Waals surface area contributed by atoms with Crippen LogP contribution in [0.2, 0.25) is 0 Å². The van der Waals surface area contributed by atoms with Crippen molar-refractivity contribution in [3.63, 3.8) is 0 Å². The fourth-order valence-corrected chi connectivity index (χ4v) is 3.18. The molecule has 3 aromatic rings. The van der Waals surface area contributed by atoms with Crippen molar-refractivity contribution < 1.29 is 14.3 Å². The maximum atomic E-state index is 12.3. The average Bonchev–Trinajstić information content (AvgIpc) is 2.72. The largest absolute Gasteiger partial charge is 0.484 e. The van der Waals surface area contributed by atoms with E-state index in [0.717, 1.165) is 21.9 Å². The lowest BCUT2D eigenvalue weighted by Crippen LogP contribution is -2.42. The minimum atomic E-state index is -0.00983. The minimum Gasteiger partial charge on any atom is -0.484 e. The fraction of sp³-hybridized carbons (Fsp3) is 0.238. The molecule has 26 heavy (non-hydrogen) atoms. The highest BCUT2D eigenvalue weighted by molar-refractivity contribution is 5.97. The molecule has 0 atom stereocenters. The van der Waals surface area contributed by atoms with Crippen molar-refractivity contribution in [2.75, 3.05) is 32.9 Å². The molecule has 2 aromatic carbocycles. The second kappa shape index (κ2) is 7.54. The Labute approximate surface area is 152 Å². The van der Waals surface area contributed by atoms with Gasteiger partial charge >= 0.3 is 0 Å². The highest BCUT2D eigenvalue weighted by Crippen LogP contribution is 2.32. The van der Waals surface area contributed by atoms with Gasteiger partial charge in [-0.3, -0.25) is 9.78 Å². The second-order valence-corrected chi connectivity index (χ2v) is 6.22. The van der Waals surface area contributed by atoms with Gasteiger partial charge in [-0.15, -0.1) is 0 Å². The van der Waals surface area contributed by atoms with Gasteiger partial charge in [-0.25, -0.2) is 0 Å². The number of fused-ring (bicyclic) bond motifs is 1. The van der Waals surface area contributed by atoms with E-state index in [1.54, 1.807) is 11.1 Å². The zero-order valence-corrected chi connectivity index (χ0v) is 14.4. The van der Waals surface area contributed by atoms with Crippen LogP contribution in [0.15, 0.2) is 60.9 Å². The van der Waals surface area contributed by atoms with Gasteiger partial charge in [-0.05, 0) is 34.5 Å². The molecule has 0 spiro atoms. The highest BCUT2D eigenvalue weighted by Gasteiger charge is 2.17. The third kappa shape index (κ3) is 3.53. The molecule has 0 bridgehead atoms. The van der Waals surface area contributed by atoms with Crippen LogP contribution in [0.5, 0.6) is 5.75 Å². The second-order valence-electron chi connectivity index (χ2n) is 6.22. The number of nitrogens with zero attached hydrogens (tertiary/aromatic N) is 2. The van der Waals surface area contributed by atoms with Gasteiger partial charge in [-0.1, -0.05) is 30.3 Å². The number of morpholine rings is 1. The molecule has 0 N–H and O–H groups in total. The third-order valence-electron chi connectivity index (χ3n) is 4.53. The minimum absolute atomic E-state index is 0.00983. The average molecular weight is 348 g/mol. The molecular formula is C21H20N2O3. The van der Waals surface area contributed by atoms with Crippen molar-refractivity contribution in [1.82, 2.24) is 9.88 Å². The van der Waals surface area contributed by atoms with E-state index in [1.165, 1.54) is 0 Å². The van der Waals surface area contributed by atoms with Gasteiger partial charge in [0.25, 0.3) is 5.91 Å². The molecule has 0 saturated carbocycles. The molecule has 132 valence electrons. The van der Waals surface area contributed by atoms with Crippen LogP contribution in [0, 0.1) is 0 Å². The zero-order chi connectivity index (χ0) is 17.8. The summed E-state index contributed by atoms with van der Waals surface area (Å²) >= 11 is 0. The van der Waals surface area contributed by atoms with E-state index < -0.39 is 0 Å². The lowest BCUT2D eigenvalue weighted by atomic mass is 9.99. The molecular weight excluding hydrogens is 328 g/mol. The molecule has 1 aromatic heterocycles. The van der Waals surface area contributed by atoms with E-state index in [9.17, 15) is 4.79 Å². The van der Waals surface area contributed by atoms with Gasteiger partial charge < -0.3 is 14.4 Å². The van der Waals surface area contributed by atoms with Crippen molar-refractivity contribution in [3.8, 4) is 16.9 Å². The summed E-state index contributed by atoms with van der Waals surface area (Å²) in [4.78, 5) is 18.3. The summed E-state index contributed by atoms with van der Waals surface area (Å²) in [6.07, 6.45) is 3.59. The number of benzene rings is 2. The van der Waals surface area contributed by atoms with Crippen molar-refractivity contribution in [1.29, 1.82) is 0 Å². The van der Waals surface area contributed by atoms with Crippen LogP contribution in [0.25, 0.3) is 21.9 Å². The topological polar surface area (TPSA) is 51.7 Å². The van der Waals surface area contributed by atoms with Crippen LogP contribution in [0.4, 0.5) is 0 Å². The summed E-state index contributed by atoms with van der Waals surface area (Å²) in [7, 11) is 0. The number of hydrogen-bond donors (Lipinski definition) is 0. The Balaban J connectivity index is 1.60. The number of carbonyl (C=O) groups excluding carboxylic acids is 1. The van der Waals surface area contributed by atoms with E-state index >= 15 is 0 Å². The summed E-state index contributed by atoms with van der Waals surface area (Å²) in [5, 5.41) is 2.20. The van der Waals surface area contributed by atoms with Crippen LogP contribution in [0.1, 0.15) is 0 Å². The fourth-order valence-electron chi connectivity index (χ4n) is 3.18. The molecule has 5 heteroatoms. The molecule has 1 aliphatic rings. The standard InChI is InChI=1S/C21H20N2O3/c24-21(23-8-10-25-11-9-23)15-26-18-12-16-4-1-2-6-19(16)20(13-18)17-5-3-7-22-14-17/h1-7,12-14H,8-11,15H2. The summed E-state index contributed by atoms with van der Waals surface area (Å²) in [6.45, 7) is 2.46. The Bertz CT molecular complexity index is 906. The number of amides is 1. The van der Waals surface area contributed by atoms with Gasteiger partial charge in [0.15, 0.2) is 6.61 Å². The number of rotatable bonds is 4. The number of carbonyl (C=O) groups is 1. The normalized spacial score (nSPS) is 14.4. The maximum Gasteiger partial charge on any atom is 0.260 e. The van der Waals surface area contributed by atoms with Crippen LogP contribution in [0.3, 0.4) is 0 Å². The highest BCUT2D eigenvalue weighted by atomic mass is 16.5. The van der Waals surface area contributed by atoms with E-state index in [-0.39, 0.29) is 12.5 Å². The molecule has 5 nitrogen and oxygen atoms in total. The van der Waals surface area contributed by atoms with Crippen LogP contribution >= 0.6 is 0 Å². The molecule has 1 saturated heterocycles. The molecule has 4 rings (SSSR count). The predicted molar refractivity (Wildman–Crippen MR) is 100 cm³/mol. The first-order valence-corrected chi connectivity index (χ1v) is 8.73. The zero-order valence-electron chi connectivity index (χ0n) is 14.4. The van der Waals surface area contributed by atoms with E-state index in [4.69, 9.17) is 9.47 Å². The summed E-state index contributed by atoms with van der Waals surface area (Å²) in [6, 6.07) is 16.0. The number of pyridine rings is 1. The Kier molecular flexibility index (Phi) is 4.80. The Morgan fingerprint density at radius 2 is 1.96 bits per heavy atom. The smallest absolute Gasteiger partial charge is 0.260 e. The Morgan fingerprint density at radius 3 is 2.77 bits per heavy atom. The summed E-state index contributed by atoms with van der Waals surface area (Å²) < 4.78 is 11.1. The summed E-state index contributed by atoms with van der Waals surface area (Å²) in [5.74, 6) is 0.675. The quantitative estimate of drug-likeness (QED) is 0.727. The van der Waals surface area contributed by atoms with Crippen LogP contribution in [-0.4, -0.2) is 48.7 Å². The number of aromatic nitrogens is 1. The monoisotopic (exact) mass is 348 g/mol.